The van der Waals surface area contributed by atoms with Crippen molar-refractivity contribution < 1.29 is 4.79 Å². The van der Waals surface area contributed by atoms with E-state index in [9.17, 15) is 4.79 Å². The summed E-state index contributed by atoms with van der Waals surface area (Å²) in [7, 11) is 0. The van der Waals surface area contributed by atoms with Crippen molar-refractivity contribution in [3.63, 3.8) is 0 Å². The Morgan fingerprint density at radius 3 is 2.38 bits per heavy atom. The van der Waals surface area contributed by atoms with Crippen molar-refractivity contribution in [2.24, 2.45) is 5.73 Å². The third-order valence-electron chi connectivity index (χ3n) is 3.89. The normalized spacial score (nSPS) is 11.7. The number of halogens is 1. The van der Waals surface area contributed by atoms with Gasteiger partial charge in [0.25, 0.3) is 0 Å². The summed E-state index contributed by atoms with van der Waals surface area (Å²) in [6, 6.07) is 16.1. The zero-order valence-corrected chi connectivity index (χ0v) is 14.6. The molecule has 0 aliphatic rings. The largest absolute Gasteiger partial charge is 0.373 e. The van der Waals surface area contributed by atoms with Crippen LogP contribution in [0.3, 0.4) is 0 Å². The van der Waals surface area contributed by atoms with Gasteiger partial charge in [-0.05, 0) is 35.9 Å². The molecule has 1 heterocycles. The van der Waals surface area contributed by atoms with Crippen LogP contribution in [0.15, 0.2) is 60.8 Å². The van der Waals surface area contributed by atoms with Crippen LogP contribution in [0.25, 0.3) is 11.3 Å². The second-order valence-corrected chi connectivity index (χ2v) is 6.24. The molecule has 0 fully saturated rings. The minimum atomic E-state index is -0.531. The predicted molar refractivity (Wildman–Crippen MR) is 104 cm³/mol. The van der Waals surface area contributed by atoms with Crippen molar-refractivity contribution in [3.05, 3.63) is 71.4 Å². The van der Waals surface area contributed by atoms with Crippen molar-refractivity contribution in [2.75, 3.05) is 11.1 Å². The van der Waals surface area contributed by atoms with E-state index < -0.39 is 11.9 Å². The summed E-state index contributed by atoms with van der Waals surface area (Å²) in [5.41, 5.74) is 14.5. The van der Waals surface area contributed by atoms with E-state index in [4.69, 9.17) is 23.1 Å². The fraction of sp³-hybridized carbons (Fsp3) is 0.105. The van der Waals surface area contributed by atoms with E-state index in [2.05, 4.69) is 15.3 Å². The molecule has 6 nitrogen and oxygen atoms in total. The van der Waals surface area contributed by atoms with E-state index in [1.807, 2.05) is 36.4 Å². The highest BCUT2D eigenvalue weighted by Crippen LogP contribution is 2.21. The predicted octanol–water partition coefficient (Wildman–Crippen LogP) is 2.89. The van der Waals surface area contributed by atoms with Gasteiger partial charge in [0.2, 0.25) is 11.9 Å². The molecular weight excluding hydrogens is 350 g/mol. The number of carbonyl (C=O) groups excluding carboxylic acids is 1. The smallest absolute Gasteiger partial charge is 0.240 e. The van der Waals surface area contributed by atoms with Crippen LogP contribution in [0.1, 0.15) is 5.56 Å². The number of carbonyl (C=O) groups is 1. The molecule has 26 heavy (non-hydrogen) atoms. The molecule has 0 aliphatic carbocycles. The van der Waals surface area contributed by atoms with Gasteiger partial charge in [-0.3, -0.25) is 4.79 Å². The minimum Gasteiger partial charge on any atom is -0.373 e. The number of nitrogen functional groups attached to an aromatic ring is 1. The molecule has 1 aromatic heterocycles. The number of primary amides is 1. The molecule has 0 aliphatic heterocycles. The van der Waals surface area contributed by atoms with Gasteiger partial charge in [0.05, 0.1) is 5.69 Å². The molecule has 1 atom stereocenters. The van der Waals surface area contributed by atoms with E-state index >= 15 is 0 Å². The van der Waals surface area contributed by atoms with Crippen LogP contribution < -0.4 is 16.8 Å². The second kappa shape index (κ2) is 7.84. The van der Waals surface area contributed by atoms with Crippen LogP contribution in [-0.2, 0) is 11.2 Å². The number of benzene rings is 2. The van der Waals surface area contributed by atoms with Crippen molar-refractivity contribution in [3.8, 4) is 11.3 Å². The first kappa shape index (κ1) is 17.7. The molecule has 0 saturated heterocycles. The zero-order chi connectivity index (χ0) is 18.5. The summed E-state index contributed by atoms with van der Waals surface area (Å²) < 4.78 is 0. The van der Waals surface area contributed by atoms with Crippen LogP contribution in [0.5, 0.6) is 0 Å². The molecule has 3 rings (SSSR count). The number of hydrogen-bond acceptors (Lipinski definition) is 5. The first-order chi connectivity index (χ1) is 12.5. The number of hydrogen-bond donors (Lipinski definition) is 3. The molecule has 7 heteroatoms. The third-order valence-corrected chi connectivity index (χ3v) is 4.14. The van der Waals surface area contributed by atoms with Crippen LogP contribution in [0.2, 0.25) is 5.02 Å². The van der Waals surface area contributed by atoms with Crippen molar-refractivity contribution >= 4 is 29.1 Å². The first-order valence-electron chi connectivity index (χ1n) is 8.00. The van der Waals surface area contributed by atoms with Gasteiger partial charge in [0.15, 0.2) is 0 Å². The summed E-state index contributed by atoms with van der Waals surface area (Å²) >= 11 is 5.89. The Morgan fingerprint density at radius 2 is 1.77 bits per heavy atom. The van der Waals surface area contributed by atoms with Crippen LogP contribution >= 0.6 is 11.6 Å². The molecule has 0 bridgehead atoms. The van der Waals surface area contributed by atoms with Gasteiger partial charge in [0, 0.05) is 28.9 Å². The number of amides is 1. The topological polar surface area (TPSA) is 107 Å². The lowest BCUT2D eigenvalue weighted by Crippen LogP contribution is -2.37. The molecule has 0 radical (unpaired) electrons. The minimum absolute atomic E-state index is 0.224. The van der Waals surface area contributed by atoms with Crippen molar-refractivity contribution in [2.45, 2.75) is 12.5 Å². The Labute approximate surface area is 156 Å². The summed E-state index contributed by atoms with van der Waals surface area (Å²) in [4.78, 5) is 19.9. The van der Waals surface area contributed by atoms with E-state index in [0.29, 0.717) is 11.4 Å². The van der Waals surface area contributed by atoms with Gasteiger partial charge < -0.3 is 16.8 Å². The molecule has 0 spiro atoms. The quantitative estimate of drug-likeness (QED) is 0.621. The number of nitrogens with one attached hydrogen (secondary N) is 1. The maximum Gasteiger partial charge on any atom is 0.240 e. The van der Waals surface area contributed by atoms with Crippen molar-refractivity contribution in [1.82, 2.24) is 9.97 Å². The summed E-state index contributed by atoms with van der Waals surface area (Å²) in [5.74, 6) is -0.200. The standard InChI is InChI=1S/C19H18ClN5O/c20-14-5-1-12(2-6-14)11-17(18(21)26)24-15-7-3-13(4-8-15)16-9-10-23-19(22)25-16/h1-10,17,24H,11H2,(H2,21,26)(H2,22,23,25)/t17-/m1/s1. The number of aromatic nitrogens is 2. The molecule has 0 unspecified atom stereocenters. The monoisotopic (exact) mass is 367 g/mol. The highest BCUT2D eigenvalue weighted by molar-refractivity contribution is 6.30. The fourth-order valence-corrected chi connectivity index (χ4v) is 2.68. The Kier molecular flexibility index (Phi) is 5.34. The number of anilines is 2. The van der Waals surface area contributed by atoms with Gasteiger partial charge in [-0.2, -0.15) is 0 Å². The Hall–Kier alpha value is -3.12. The first-order valence-corrected chi connectivity index (χ1v) is 8.38. The zero-order valence-electron chi connectivity index (χ0n) is 13.9. The lowest BCUT2D eigenvalue weighted by atomic mass is 10.0. The lowest BCUT2D eigenvalue weighted by molar-refractivity contribution is -0.118. The lowest BCUT2D eigenvalue weighted by Gasteiger charge is -2.17. The summed E-state index contributed by atoms with van der Waals surface area (Å²) in [6.45, 7) is 0. The van der Waals surface area contributed by atoms with Gasteiger partial charge in [-0.15, -0.1) is 0 Å². The number of nitrogens with zero attached hydrogens (tertiary/aromatic N) is 2. The van der Waals surface area contributed by atoms with E-state index in [-0.39, 0.29) is 5.95 Å². The van der Waals surface area contributed by atoms with E-state index in [1.54, 1.807) is 24.4 Å². The van der Waals surface area contributed by atoms with Crippen LogP contribution in [0.4, 0.5) is 11.6 Å². The third kappa shape index (κ3) is 4.49. The number of nitrogens with two attached hydrogens (primary N) is 2. The maximum atomic E-state index is 11.8. The molecule has 0 saturated carbocycles. The summed E-state index contributed by atoms with van der Waals surface area (Å²) in [6.07, 6.45) is 2.08. The Bertz CT molecular complexity index is 897. The fourth-order valence-electron chi connectivity index (χ4n) is 2.55. The Balaban J connectivity index is 1.73. The van der Waals surface area contributed by atoms with Gasteiger partial charge in [0.1, 0.15) is 6.04 Å². The van der Waals surface area contributed by atoms with Crippen LogP contribution in [-0.4, -0.2) is 21.9 Å². The molecule has 2 aromatic carbocycles. The van der Waals surface area contributed by atoms with Gasteiger partial charge in [-0.1, -0.05) is 35.9 Å². The molecular formula is C19H18ClN5O. The van der Waals surface area contributed by atoms with Gasteiger partial charge >= 0.3 is 0 Å². The highest BCUT2D eigenvalue weighted by Gasteiger charge is 2.16. The van der Waals surface area contributed by atoms with Crippen molar-refractivity contribution in [1.29, 1.82) is 0 Å². The number of rotatable bonds is 6. The Morgan fingerprint density at radius 1 is 1.08 bits per heavy atom. The molecule has 132 valence electrons. The molecule has 1 amide bonds. The maximum absolute atomic E-state index is 11.8. The van der Waals surface area contributed by atoms with E-state index in [0.717, 1.165) is 22.5 Å². The van der Waals surface area contributed by atoms with Gasteiger partial charge in [-0.25, -0.2) is 9.97 Å². The molecule has 3 aromatic rings. The second-order valence-electron chi connectivity index (χ2n) is 5.81. The average Bonchev–Trinajstić information content (AvgIpc) is 2.63. The van der Waals surface area contributed by atoms with Crippen LogP contribution in [0, 0.1) is 0 Å². The SMILES string of the molecule is NC(=O)[C@@H](Cc1ccc(Cl)cc1)Nc1ccc(-c2ccnc(N)n2)cc1. The van der Waals surface area contributed by atoms with E-state index in [1.165, 1.54) is 0 Å². The highest BCUT2D eigenvalue weighted by atomic mass is 35.5. The summed E-state index contributed by atoms with van der Waals surface area (Å²) in [5, 5.41) is 3.82. The average molecular weight is 368 g/mol. The molecule has 5 N–H and O–H groups in total.